The molecule has 2 rings (SSSR count). The molecule has 0 aliphatic carbocycles. The SMILES string of the molecule is COc1ccc(Oc2cc(Cl)c(Cl)cc2N)nc1. The van der Waals surface area contributed by atoms with Crippen molar-refractivity contribution in [1.29, 1.82) is 0 Å². The highest BCUT2D eigenvalue weighted by Gasteiger charge is 2.08. The van der Waals surface area contributed by atoms with Crippen LogP contribution < -0.4 is 15.2 Å². The van der Waals surface area contributed by atoms with Crippen LogP contribution in [0.2, 0.25) is 10.0 Å². The summed E-state index contributed by atoms with van der Waals surface area (Å²) in [4.78, 5) is 4.06. The van der Waals surface area contributed by atoms with Crippen LogP contribution in [0.3, 0.4) is 0 Å². The van der Waals surface area contributed by atoms with Crippen molar-refractivity contribution in [2.45, 2.75) is 0 Å². The van der Waals surface area contributed by atoms with E-state index in [1.165, 1.54) is 6.07 Å². The van der Waals surface area contributed by atoms with Crippen LogP contribution in [0.5, 0.6) is 17.4 Å². The summed E-state index contributed by atoms with van der Waals surface area (Å²) in [5.41, 5.74) is 6.16. The molecule has 0 aliphatic rings. The monoisotopic (exact) mass is 284 g/mol. The number of nitrogens with two attached hydrogens (primary N) is 1. The molecule has 0 saturated carbocycles. The quantitative estimate of drug-likeness (QED) is 0.872. The van der Waals surface area contributed by atoms with Gasteiger partial charge in [0, 0.05) is 12.1 Å². The minimum absolute atomic E-state index is 0.370. The first-order valence-electron chi connectivity index (χ1n) is 5.02. The summed E-state index contributed by atoms with van der Waals surface area (Å²) in [6.45, 7) is 0. The van der Waals surface area contributed by atoms with Gasteiger partial charge in [-0.25, -0.2) is 4.98 Å². The largest absolute Gasteiger partial charge is 0.495 e. The van der Waals surface area contributed by atoms with Crippen molar-refractivity contribution in [1.82, 2.24) is 4.98 Å². The molecule has 2 N–H and O–H groups in total. The highest BCUT2D eigenvalue weighted by Crippen LogP contribution is 2.34. The maximum Gasteiger partial charge on any atom is 0.219 e. The average Bonchev–Trinajstić information content (AvgIpc) is 2.37. The molecule has 0 amide bonds. The number of methoxy groups -OCH3 is 1. The topological polar surface area (TPSA) is 57.4 Å². The molecule has 0 saturated heterocycles. The number of nitrogens with zero attached hydrogens (tertiary/aromatic N) is 1. The summed E-state index contributed by atoms with van der Waals surface area (Å²) in [5, 5.41) is 0.749. The van der Waals surface area contributed by atoms with Gasteiger partial charge in [-0.3, -0.25) is 0 Å². The molecule has 1 heterocycles. The molecule has 2 aromatic rings. The molecule has 94 valence electrons. The predicted octanol–water partition coefficient (Wildman–Crippen LogP) is 3.77. The molecule has 4 nitrogen and oxygen atoms in total. The van der Waals surface area contributed by atoms with Crippen molar-refractivity contribution in [3.63, 3.8) is 0 Å². The highest BCUT2D eigenvalue weighted by atomic mass is 35.5. The number of halogens is 2. The molecule has 0 radical (unpaired) electrons. The summed E-state index contributed by atoms with van der Waals surface area (Å²) in [5.74, 6) is 1.44. The number of nitrogen functional groups attached to an aromatic ring is 1. The van der Waals surface area contributed by atoms with Gasteiger partial charge in [-0.05, 0) is 12.1 Å². The average molecular weight is 285 g/mol. The van der Waals surface area contributed by atoms with Gasteiger partial charge in [-0.15, -0.1) is 0 Å². The second kappa shape index (κ2) is 5.33. The molecular weight excluding hydrogens is 275 g/mol. The van der Waals surface area contributed by atoms with Crippen molar-refractivity contribution in [3.05, 3.63) is 40.5 Å². The molecule has 1 aromatic heterocycles. The van der Waals surface area contributed by atoms with E-state index in [1.54, 1.807) is 31.5 Å². The Hall–Kier alpha value is -1.65. The Bertz CT molecular complexity index is 559. The fourth-order valence-electron chi connectivity index (χ4n) is 1.29. The summed E-state index contributed by atoms with van der Waals surface area (Å²) < 4.78 is 10.5. The van der Waals surface area contributed by atoms with E-state index < -0.39 is 0 Å². The Labute approximate surface area is 114 Å². The van der Waals surface area contributed by atoms with Crippen molar-refractivity contribution < 1.29 is 9.47 Å². The summed E-state index contributed by atoms with van der Waals surface area (Å²) in [6, 6.07) is 6.48. The normalized spacial score (nSPS) is 10.2. The number of rotatable bonds is 3. The number of hydrogen-bond acceptors (Lipinski definition) is 4. The first-order chi connectivity index (χ1) is 8.60. The van der Waals surface area contributed by atoms with Crippen LogP contribution in [-0.2, 0) is 0 Å². The zero-order valence-corrected chi connectivity index (χ0v) is 11.0. The molecule has 6 heteroatoms. The van der Waals surface area contributed by atoms with Gasteiger partial charge in [0.1, 0.15) is 5.75 Å². The minimum atomic E-state index is 0.370. The Morgan fingerprint density at radius 2 is 1.89 bits per heavy atom. The number of benzene rings is 1. The zero-order chi connectivity index (χ0) is 13.1. The van der Waals surface area contributed by atoms with Gasteiger partial charge in [-0.1, -0.05) is 23.2 Å². The van der Waals surface area contributed by atoms with Crippen LogP contribution in [0.1, 0.15) is 0 Å². The van der Waals surface area contributed by atoms with Gasteiger partial charge in [-0.2, -0.15) is 0 Å². The van der Waals surface area contributed by atoms with E-state index in [1.807, 2.05) is 0 Å². The summed E-state index contributed by atoms with van der Waals surface area (Å²) >= 11 is 11.7. The third-order valence-electron chi connectivity index (χ3n) is 2.21. The maximum absolute atomic E-state index is 5.89. The lowest BCUT2D eigenvalue weighted by Gasteiger charge is -2.09. The standard InChI is InChI=1S/C12H10Cl2N2O2/c1-17-7-2-3-12(16-6-7)18-11-5-9(14)8(13)4-10(11)15/h2-6H,15H2,1H3. The van der Waals surface area contributed by atoms with E-state index in [4.69, 9.17) is 38.4 Å². The Kier molecular flexibility index (Phi) is 3.79. The molecule has 1 aromatic carbocycles. The Morgan fingerprint density at radius 1 is 1.17 bits per heavy atom. The second-order valence-electron chi connectivity index (χ2n) is 3.44. The molecule has 0 aliphatic heterocycles. The van der Waals surface area contributed by atoms with Gasteiger partial charge < -0.3 is 15.2 Å². The third-order valence-corrected chi connectivity index (χ3v) is 2.93. The molecular formula is C12H10Cl2N2O2. The van der Waals surface area contributed by atoms with E-state index in [2.05, 4.69) is 4.98 Å². The molecule has 0 unspecified atom stereocenters. The van der Waals surface area contributed by atoms with Crippen molar-refractivity contribution in [3.8, 4) is 17.4 Å². The van der Waals surface area contributed by atoms with Gasteiger partial charge in [0.2, 0.25) is 5.88 Å². The van der Waals surface area contributed by atoms with Gasteiger partial charge >= 0.3 is 0 Å². The second-order valence-corrected chi connectivity index (χ2v) is 4.26. The maximum atomic E-state index is 5.89. The van der Waals surface area contributed by atoms with Gasteiger partial charge in [0.25, 0.3) is 0 Å². The number of pyridine rings is 1. The smallest absolute Gasteiger partial charge is 0.219 e. The number of ether oxygens (including phenoxy) is 2. The third kappa shape index (κ3) is 2.78. The molecule has 0 bridgehead atoms. The fraction of sp³-hybridized carbons (Fsp3) is 0.0833. The van der Waals surface area contributed by atoms with Crippen molar-refractivity contribution >= 4 is 28.9 Å². The van der Waals surface area contributed by atoms with Crippen LogP contribution in [0.15, 0.2) is 30.5 Å². The summed E-state index contributed by atoms with van der Waals surface area (Å²) in [6.07, 6.45) is 1.54. The zero-order valence-electron chi connectivity index (χ0n) is 9.48. The van der Waals surface area contributed by atoms with Gasteiger partial charge in [0.05, 0.1) is 29.0 Å². The Morgan fingerprint density at radius 3 is 2.50 bits per heavy atom. The van der Waals surface area contributed by atoms with Gasteiger partial charge in [0.15, 0.2) is 5.75 Å². The van der Waals surface area contributed by atoms with Crippen LogP contribution >= 0.6 is 23.2 Å². The fourth-order valence-corrected chi connectivity index (χ4v) is 1.62. The van der Waals surface area contributed by atoms with E-state index in [0.717, 1.165) is 0 Å². The van der Waals surface area contributed by atoms with Crippen LogP contribution in [0, 0.1) is 0 Å². The van der Waals surface area contributed by atoms with Crippen LogP contribution in [-0.4, -0.2) is 12.1 Å². The number of hydrogen-bond donors (Lipinski definition) is 1. The lowest BCUT2D eigenvalue weighted by Crippen LogP contribution is -1.94. The van der Waals surface area contributed by atoms with E-state index >= 15 is 0 Å². The van der Waals surface area contributed by atoms with Crippen LogP contribution in [0.4, 0.5) is 5.69 Å². The van der Waals surface area contributed by atoms with Crippen molar-refractivity contribution in [2.24, 2.45) is 0 Å². The Balaban J connectivity index is 2.25. The predicted molar refractivity (Wildman–Crippen MR) is 71.7 cm³/mol. The molecule has 0 spiro atoms. The van der Waals surface area contributed by atoms with E-state index in [-0.39, 0.29) is 0 Å². The highest BCUT2D eigenvalue weighted by molar-refractivity contribution is 6.42. The number of aromatic nitrogens is 1. The summed E-state index contributed by atoms with van der Waals surface area (Å²) in [7, 11) is 1.56. The van der Waals surface area contributed by atoms with Crippen molar-refractivity contribution in [2.75, 3.05) is 12.8 Å². The first-order valence-corrected chi connectivity index (χ1v) is 5.78. The van der Waals surface area contributed by atoms with E-state index in [9.17, 15) is 0 Å². The first kappa shape index (κ1) is 12.8. The van der Waals surface area contributed by atoms with E-state index in [0.29, 0.717) is 33.1 Å². The molecule has 0 atom stereocenters. The lowest BCUT2D eigenvalue weighted by atomic mass is 10.3. The molecule has 18 heavy (non-hydrogen) atoms. The van der Waals surface area contributed by atoms with Crippen LogP contribution in [0.25, 0.3) is 0 Å². The lowest BCUT2D eigenvalue weighted by molar-refractivity contribution is 0.408. The minimum Gasteiger partial charge on any atom is -0.495 e. The number of anilines is 1. The molecule has 0 fully saturated rings.